The molecule has 8 heteroatoms. The quantitative estimate of drug-likeness (QED) is 0.183. The number of aromatic nitrogens is 1. The molecule has 2 unspecified atom stereocenters. The van der Waals surface area contributed by atoms with E-state index in [2.05, 4.69) is 34.8 Å². The number of hydrogen-bond donors (Lipinski definition) is 0. The van der Waals surface area contributed by atoms with E-state index in [1.165, 1.54) is 20.3 Å². The summed E-state index contributed by atoms with van der Waals surface area (Å²) in [7, 11) is 0. The summed E-state index contributed by atoms with van der Waals surface area (Å²) in [5.41, 5.74) is 5.19. The molecule has 1 aliphatic rings. The van der Waals surface area contributed by atoms with Crippen LogP contribution in [0, 0.1) is 5.92 Å². The third-order valence-corrected chi connectivity index (χ3v) is 7.38. The third-order valence-electron chi connectivity index (χ3n) is 7.38. The van der Waals surface area contributed by atoms with Crippen LogP contribution in [0.15, 0.2) is 40.6 Å². The highest BCUT2D eigenvalue weighted by Gasteiger charge is 2.37. The average molecular weight is 518 g/mol. The molecule has 0 amide bonds. The van der Waals surface area contributed by atoms with Crippen molar-refractivity contribution in [3.63, 3.8) is 0 Å². The van der Waals surface area contributed by atoms with Crippen LogP contribution in [0.2, 0.25) is 0 Å². The minimum atomic E-state index is -0.569. The monoisotopic (exact) mass is 517 g/mol. The van der Waals surface area contributed by atoms with Crippen LogP contribution in [-0.2, 0) is 25.8 Å². The second kappa shape index (κ2) is 11.3. The Bertz CT molecular complexity index is 1480. The van der Waals surface area contributed by atoms with Crippen LogP contribution in [0.25, 0.3) is 21.8 Å². The lowest BCUT2D eigenvalue weighted by Gasteiger charge is -2.17. The fourth-order valence-corrected chi connectivity index (χ4v) is 5.35. The zero-order valence-corrected chi connectivity index (χ0v) is 23.0. The molecule has 0 radical (unpaired) electrons. The molecule has 38 heavy (non-hydrogen) atoms. The Kier molecular flexibility index (Phi) is 8.09. The van der Waals surface area contributed by atoms with E-state index in [1.807, 2.05) is 31.2 Å². The molecule has 8 nitrogen and oxygen atoms in total. The minimum Gasteiger partial charge on any atom is -0.340 e. The van der Waals surface area contributed by atoms with E-state index in [0.29, 0.717) is 17.2 Å². The summed E-state index contributed by atoms with van der Waals surface area (Å²) in [5, 5.41) is 9.87. The normalized spacial score (nSPS) is 17.3. The van der Waals surface area contributed by atoms with Gasteiger partial charge in [0.2, 0.25) is 5.78 Å². The molecule has 0 N–H and O–H groups in total. The molecule has 1 aromatic heterocycles. The Morgan fingerprint density at radius 3 is 2.39 bits per heavy atom. The third kappa shape index (κ3) is 5.12. The number of hydrogen-bond acceptors (Lipinski definition) is 7. The highest BCUT2D eigenvalue weighted by atomic mass is 16.7. The Morgan fingerprint density at radius 2 is 1.74 bits per heavy atom. The number of rotatable bonds is 9. The number of unbranched alkanes of at least 4 members (excludes halogenated alkanes) is 1. The fourth-order valence-electron chi connectivity index (χ4n) is 5.35. The van der Waals surface area contributed by atoms with Crippen molar-refractivity contribution in [2.24, 2.45) is 16.2 Å². The van der Waals surface area contributed by atoms with Crippen LogP contribution in [0.4, 0.5) is 0 Å². The van der Waals surface area contributed by atoms with Gasteiger partial charge in [-0.1, -0.05) is 56.4 Å². The van der Waals surface area contributed by atoms with Crippen molar-refractivity contribution >= 4 is 51.0 Å². The van der Waals surface area contributed by atoms with Crippen molar-refractivity contribution in [2.45, 2.75) is 79.7 Å². The molecule has 0 spiro atoms. The Balaban J connectivity index is 1.96. The number of carbonyl (C=O) groups is 3. The molecule has 200 valence electrons. The molecule has 0 saturated heterocycles. The molecular weight excluding hydrogens is 482 g/mol. The standard InChI is InChI=1S/C30H35N3O5/c1-7-9-10-21(8-2)16-33-25-13-11-22(18(4)31-37-19(5)34)15-24(25)28-26(33)14-12-23-27(28)17(3)29(30(23)36)32-38-20(6)35/h11-15,17,21H,7-10,16H2,1-6H3/b31-18+,32-29+. The largest absolute Gasteiger partial charge is 0.340 e. The molecule has 4 rings (SSSR count). The minimum absolute atomic E-state index is 0.224. The summed E-state index contributed by atoms with van der Waals surface area (Å²) >= 11 is 0. The van der Waals surface area contributed by atoms with Gasteiger partial charge in [0.1, 0.15) is 5.71 Å². The molecule has 2 aromatic carbocycles. The summed E-state index contributed by atoms with van der Waals surface area (Å²) in [5.74, 6) is -1.10. The lowest BCUT2D eigenvalue weighted by molar-refractivity contribution is -0.141. The van der Waals surface area contributed by atoms with Gasteiger partial charge >= 0.3 is 11.9 Å². The summed E-state index contributed by atoms with van der Waals surface area (Å²) in [6.45, 7) is 11.6. The molecule has 1 aliphatic carbocycles. The highest BCUT2D eigenvalue weighted by Crippen LogP contribution is 2.42. The lowest BCUT2D eigenvalue weighted by Crippen LogP contribution is -2.12. The molecular formula is C30H35N3O5. The zero-order valence-electron chi connectivity index (χ0n) is 23.0. The number of Topliss-reactive ketones (excluding diaryl/α,β-unsaturated/α-hetero) is 1. The molecule has 2 atom stereocenters. The Labute approximate surface area is 222 Å². The highest BCUT2D eigenvalue weighted by molar-refractivity contribution is 6.52. The van der Waals surface area contributed by atoms with E-state index in [4.69, 9.17) is 9.68 Å². The van der Waals surface area contributed by atoms with Crippen LogP contribution in [0.3, 0.4) is 0 Å². The summed E-state index contributed by atoms with van der Waals surface area (Å²) in [6, 6.07) is 9.98. The maximum Gasteiger partial charge on any atom is 0.331 e. The zero-order chi connectivity index (χ0) is 27.6. The second-order valence-corrected chi connectivity index (χ2v) is 10.0. The molecule has 0 fully saturated rings. The van der Waals surface area contributed by atoms with Crippen LogP contribution in [0.1, 0.15) is 94.6 Å². The summed E-state index contributed by atoms with van der Waals surface area (Å²) in [6.07, 6.45) is 4.57. The van der Waals surface area contributed by atoms with Crippen molar-refractivity contribution < 1.29 is 24.1 Å². The van der Waals surface area contributed by atoms with Gasteiger partial charge in [-0.2, -0.15) is 0 Å². The number of ketones is 1. The van der Waals surface area contributed by atoms with Crippen LogP contribution < -0.4 is 0 Å². The Morgan fingerprint density at radius 1 is 1.03 bits per heavy atom. The van der Waals surface area contributed by atoms with Crippen LogP contribution >= 0.6 is 0 Å². The van der Waals surface area contributed by atoms with Crippen molar-refractivity contribution in [3.05, 3.63) is 47.0 Å². The van der Waals surface area contributed by atoms with Gasteiger partial charge in [-0.15, -0.1) is 0 Å². The number of oxime groups is 2. The summed E-state index contributed by atoms with van der Waals surface area (Å²) in [4.78, 5) is 45.7. The van der Waals surface area contributed by atoms with Gasteiger partial charge in [-0.25, -0.2) is 9.59 Å². The van der Waals surface area contributed by atoms with E-state index in [-0.39, 0.29) is 17.4 Å². The SMILES string of the molecule is CCCCC(CC)Cn1c2ccc(/C(C)=N/OC(C)=O)cc2c2c3c(ccc21)C(=O)/C(=N/OC(C)=O)C3C. The maximum atomic E-state index is 13.3. The topological polar surface area (TPSA) is 99.3 Å². The lowest BCUT2D eigenvalue weighted by atomic mass is 9.95. The van der Waals surface area contributed by atoms with E-state index in [1.54, 1.807) is 6.92 Å². The van der Waals surface area contributed by atoms with Crippen molar-refractivity contribution in [1.82, 2.24) is 4.57 Å². The van der Waals surface area contributed by atoms with Crippen LogP contribution in [-0.4, -0.2) is 33.7 Å². The predicted molar refractivity (Wildman–Crippen MR) is 149 cm³/mol. The average Bonchev–Trinajstić information content (AvgIpc) is 3.33. The first-order valence-electron chi connectivity index (χ1n) is 13.3. The first kappa shape index (κ1) is 27.2. The maximum absolute atomic E-state index is 13.3. The molecule has 0 bridgehead atoms. The van der Waals surface area contributed by atoms with Crippen molar-refractivity contribution in [1.29, 1.82) is 0 Å². The summed E-state index contributed by atoms with van der Waals surface area (Å²) < 4.78 is 2.36. The van der Waals surface area contributed by atoms with Crippen LogP contribution in [0.5, 0.6) is 0 Å². The van der Waals surface area contributed by atoms with Crippen molar-refractivity contribution in [3.8, 4) is 0 Å². The number of nitrogens with zero attached hydrogens (tertiary/aromatic N) is 3. The second-order valence-electron chi connectivity index (χ2n) is 10.0. The van der Waals surface area contributed by atoms with Gasteiger partial charge in [0.25, 0.3) is 0 Å². The predicted octanol–water partition coefficient (Wildman–Crippen LogP) is 6.52. The van der Waals surface area contributed by atoms with E-state index in [0.717, 1.165) is 58.7 Å². The van der Waals surface area contributed by atoms with E-state index < -0.39 is 11.9 Å². The fraction of sp³-hybridized carbons (Fsp3) is 0.433. The van der Waals surface area contributed by atoms with Gasteiger partial charge in [-0.3, -0.25) is 4.79 Å². The molecule has 0 aliphatic heterocycles. The number of carbonyl (C=O) groups excluding carboxylic acids is 3. The molecule has 0 saturated carbocycles. The van der Waals surface area contributed by atoms with Gasteiger partial charge in [0.15, 0.2) is 0 Å². The first-order chi connectivity index (χ1) is 18.2. The van der Waals surface area contributed by atoms with E-state index >= 15 is 0 Å². The number of benzene rings is 2. The van der Waals surface area contributed by atoms with Gasteiger partial charge in [0, 0.05) is 53.7 Å². The smallest absolute Gasteiger partial charge is 0.331 e. The Hall–Kier alpha value is -3.81. The molecule has 3 aromatic rings. The van der Waals surface area contributed by atoms with E-state index in [9.17, 15) is 14.4 Å². The van der Waals surface area contributed by atoms with Gasteiger partial charge < -0.3 is 14.2 Å². The number of fused-ring (bicyclic) bond motifs is 5. The van der Waals surface area contributed by atoms with Crippen molar-refractivity contribution in [2.75, 3.05) is 0 Å². The van der Waals surface area contributed by atoms with Gasteiger partial charge in [-0.05, 0) is 54.7 Å². The van der Waals surface area contributed by atoms with Gasteiger partial charge in [0.05, 0.1) is 5.71 Å². The first-order valence-corrected chi connectivity index (χ1v) is 13.3. The molecule has 1 heterocycles.